The van der Waals surface area contributed by atoms with E-state index in [0.717, 1.165) is 7.11 Å². The molecule has 11 nitrogen and oxygen atoms in total. The Morgan fingerprint density at radius 2 is 2.04 bits per heavy atom. The molecular weight excluding hydrogens is 320 g/mol. The van der Waals surface area contributed by atoms with Crippen molar-refractivity contribution in [2.75, 3.05) is 20.2 Å². The van der Waals surface area contributed by atoms with Crippen LogP contribution in [-0.2, 0) is 23.9 Å². The lowest BCUT2D eigenvalue weighted by Crippen LogP contribution is -2.58. The number of aliphatic imine (C=N–C) groups is 1. The molecule has 1 aliphatic heterocycles. The first kappa shape index (κ1) is 19.2. The molecular formula is C13H22N6O5. The molecule has 0 fully saturated rings. The number of nitrogens with zero attached hydrogens (tertiary/aromatic N) is 1. The van der Waals surface area contributed by atoms with E-state index >= 15 is 0 Å². The van der Waals surface area contributed by atoms with Crippen molar-refractivity contribution in [1.82, 2.24) is 10.6 Å². The van der Waals surface area contributed by atoms with Gasteiger partial charge >= 0.3 is 5.97 Å². The van der Waals surface area contributed by atoms with E-state index in [1.165, 1.54) is 13.0 Å². The number of esters is 1. The van der Waals surface area contributed by atoms with Crippen molar-refractivity contribution in [3.63, 3.8) is 0 Å². The van der Waals surface area contributed by atoms with Gasteiger partial charge in [-0.3, -0.25) is 9.59 Å². The standard InChI is InChI=1S/C13H22N6O5/c1-6(20)18-9-7(19-13(15)16)5-8(12(22)23-2)24-10(9)11(21)17-4-3-14/h5,7,9-10H,3-4,14H2,1-2H3,(H,17,21)(H,18,20)(H4,15,16,19)/t7-,9+,10+/m0/s1. The van der Waals surface area contributed by atoms with E-state index in [-0.39, 0.29) is 24.8 Å². The fourth-order valence-electron chi connectivity index (χ4n) is 2.10. The van der Waals surface area contributed by atoms with E-state index in [1.807, 2.05) is 0 Å². The molecule has 0 aromatic heterocycles. The van der Waals surface area contributed by atoms with Crippen LogP contribution in [0, 0.1) is 0 Å². The summed E-state index contributed by atoms with van der Waals surface area (Å²) >= 11 is 0. The largest absolute Gasteiger partial charge is 0.471 e. The Morgan fingerprint density at radius 3 is 2.54 bits per heavy atom. The van der Waals surface area contributed by atoms with Gasteiger partial charge in [-0.1, -0.05) is 0 Å². The van der Waals surface area contributed by atoms with Crippen molar-refractivity contribution >= 4 is 23.7 Å². The zero-order valence-corrected chi connectivity index (χ0v) is 13.4. The molecule has 0 radical (unpaired) electrons. The monoisotopic (exact) mass is 342 g/mol. The summed E-state index contributed by atoms with van der Waals surface area (Å²) < 4.78 is 9.98. The highest BCUT2D eigenvalue weighted by Crippen LogP contribution is 2.22. The van der Waals surface area contributed by atoms with Crippen molar-refractivity contribution in [2.24, 2.45) is 22.2 Å². The van der Waals surface area contributed by atoms with Gasteiger partial charge in [-0.05, 0) is 6.08 Å². The number of nitrogens with one attached hydrogen (secondary N) is 2. The van der Waals surface area contributed by atoms with Crippen LogP contribution in [0.2, 0.25) is 0 Å². The number of guanidine groups is 1. The summed E-state index contributed by atoms with van der Waals surface area (Å²) in [4.78, 5) is 39.4. The maximum atomic E-state index is 12.3. The van der Waals surface area contributed by atoms with E-state index < -0.39 is 36.0 Å². The first-order valence-corrected chi connectivity index (χ1v) is 7.10. The number of ether oxygens (including phenoxy) is 2. The first-order valence-electron chi connectivity index (χ1n) is 7.10. The first-order chi connectivity index (χ1) is 11.3. The summed E-state index contributed by atoms with van der Waals surface area (Å²) in [5.74, 6) is -2.32. The molecule has 0 aliphatic carbocycles. The van der Waals surface area contributed by atoms with Crippen LogP contribution in [-0.4, -0.2) is 62.1 Å². The normalized spacial score (nSPS) is 22.5. The van der Waals surface area contributed by atoms with Crippen LogP contribution in [0.15, 0.2) is 16.8 Å². The highest BCUT2D eigenvalue weighted by atomic mass is 16.6. The maximum Gasteiger partial charge on any atom is 0.373 e. The van der Waals surface area contributed by atoms with Crippen LogP contribution in [0.4, 0.5) is 0 Å². The molecule has 1 aliphatic rings. The molecule has 24 heavy (non-hydrogen) atoms. The molecule has 3 atom stereocenters. The second-order valence-electron chi connectivity index (χ2n) is 4.91. The third kappa shape index (κ3) is 5.12. The van der Waals surface area contributed by atoms with Gasteiger partial charge in [0, 0.05) is 20.0 Å². The molecule has 0 aromatic carbocycles. The summed E-state index contributed by atoms with van der Waals surface area (Å²) in [5, 5.41) is 5.08. The summed E-state index contributed by atoms with van der Waals surface area (Å²) in [7, 11) is 1.16. The number of carbonyl (C=O) groups is 3. The zero-order chi connectivity index (χ0) is 18.3. The molecule has 11 heteroatoms. The van der Waals surface area contributed by atoms with Gasteiger partial charge in [0.25, 0.3) is 5.91 Å². The van der Waals surface area contributed by atoms with E-state index in [1.54, 1.807) is 0 Å². The number of hydrogen-bond acceptors (Lipinski definition) is 7. The molecule has 0 saturated carbocycles. The van der Waals surface area contributed by atoms with Crippen LogP contribution in [0.1, 0.15) is 6.92 Å². The SMILES string of the molecule is COC(=O)C1=C[C@H](N=C(N)N)[C@@H](NC(C)=O)[C@H](C(=O)NCCN)O1. The topological polar surface area (TPSA) is 184 Å². The van der Waals surface area contributed by atoms with Gasteiger partial charge in [0.2, 0.25) is 11.7 Å². The van der Waals surface area contributed by atoms with Crippen molar-refractivity contribution in [3.8, 4) is 0 Å². The molecule has 1 rings (SSSR count). The summed E-state index contributed by atoms with van der Waals surface area (Å²) in [6, 6.07) is -1.81. The summed E-state index contributed by atoms with van der Waals surface area (Å²) in [6.07, 6.45) is 0.0337. The Kier molecular flexibility index (Phi) is 6.98. The van der Waals surface area contributed by atoms with E-state index in [2.05, 4.69) is 20.4 Å². The number of carbonyl (C=O) groups excluding carboxylic acids is 3. The minimum atomic E-state index is -1.24. The highest BCUT2D eigenvalue weighted by Gasteiger charge is 2.42. The molecule has 134 valence electrons. The average molecular weight is 342 g/mol. The van der Waals surface area contributed by atoms with Gasteiger partial charge in [0.15, 0.2) is 12.1 Å². The van der Waals surface area contributed by atoms with Gasteiger partial charge in [-0.15, -0.1) is 0 Å². The highest BCUT2D eigenvalue weighted by molar-refractivity contribution is 5.90. The Bertz CT molecular complexity index is 557. The van der Waals surface area contributed by atoms with Crippen molar-refractivity contribution in [3.05, 3.63) is 11.8 Å². The minimum absolute atomic E-state index is 0.190. The lowest BCUT2D eigenvalue weighted by molar-refractivity contribution is -0.145. The van der Waals surface area contributed by atoms with E-state index in [9.17, 15) is 14.4 Å². The molecule has 0 saturated heterocycles. The van der Waals surface area contributed by atoms with Crippen LogP contribution in [0.5, 0.6) is 0 Å². The molecule has 0 bridgehead atoms. The predicted molar refractivity (Wildman–Crippen MR) is 84.2 cm³/mol. The van der Waals surface area contributed by atoms with Crippen LogP contribution in [0.25, 0.3) is 0 Å². The van der Waals surface area contributed by atoms with Gasteiger partial charge < -0.3 is 37.3 Å². The number of hydrogen-bond donors (Lipinski definition) is 5. The number of nitrogens with two attached hydrogens (primary N) is 3. The van der Waals surface area contributed by atoms with Crippen LogP contribution < -0.4 is 27.8 Å². The minimum Gasteiger partial charge on any atom is -0.471 e. The Hall–Kier alpha value is -2.82. The van der Waals surface area contributed by atoms with Crippen LogP contribution in [0.3, 0.4) is 0 Å². The molecule has 1 heterocycles. The smallest absolute Gasteiger partial charge is 0.373 e. The Labute approximate surface area is 138 Å². The molecule has 8 N–H and O–H groups in total. The number of methoxy groups -OCH3 is 1. The summed E-state index contributed by atoms with van der Waals surface area (Å²) in [5.41, 5.74) is 16.1. The van der Waals surface area contributed by atoms with Gasteiger partial charge in [-0.2, -0.15) is 0 Å². The number of amides is 2. The second kappa shape index (κ2) is 8.72. The van der Waals surface area contributed by atoms with Crippen molar-refractivity contribution in [2.45, 2.75) is 25.1 Å². The lowest BCUT2D eigenvalue weighted by Gasteiger charge is -2.34. The maximum absolute atomic E-state index is 12.3. The van der Waals surface area contributed by atoms with Crippen molar-refractivity contribution in [1.29, 1.82) is 0 Å². The number of rotatable bonds is 6. The van der Waals surface area contributed by atoms with Gasteiger partial charge in [0.1, 0.15) is 12.1 Å². The second-order valence-corrected chi connectivity index (χ2v) is 4.91. The zero-order valence-electron chi connectivity index (χ0n) is 13.4. The van der Waals surface area contributed by atoms with Gasteiger partial charge in [0.05, 0.1) is 7.11 Å². The Morgan fingerprint density at radius 1 is 1.38 bits per heavy atom. The molecule has 2 amide bonds. The fraction of sp³-hybridized carbons (Fsp3) is 0.538. The molecule has 0 spiro atoms. The lowest BCUT2D eigenvalue weighted by atomic mass is 9.97. The van der Waals surface area contributed by atoms with Crippen LogP contribution >= 0.6 is 0 Å². The molecule has 0 aromatic rings. The van der Waals surface area contributed by atoms with Crippen molar-refractivity contribution < 1.29 is 23.9 Å². The van der Waals surface area contributed by atoms with E-state index in [0.29, 0.717) is 0 Å². The summed E-state index contributed by atoms with van der Waals surface area (Å²) in [6.45, 7) is 1.66. The quantitative estimate of drug-likeness (QED) is 0.188. The third-order valence-electron chi connectivity index (χ3n) is 3.03. The fourth-order valence-corrected chi connectivity index (χ4v) is 2.10. The Balaban J connectivity index is 3.23. The average Bonchev–Trinajstić information content (AvgIpc) is 2.52. The van der Waals surface area contributed by atoms with E-state index in [4.69, 9.17) is 21.9 Å². The predicted octanol–water partition coefficient (Wildman–Crippen LogP) is -3.34. The molecule has 0 unspecified atom stereocenters. The van der Waals surface area contributed by atoms with Gasteiger partial charge in [-0.25, -0.2) is 9.79 Å². The third-order valence-corrected chi connectivity index (χ3v) is 3.03.